The quantitative estimate of drug-likeness (QED) is 0.901. The number of nitrogens with zero attached hydrogens (tertiary/aromatic N) is 1. The van der Waals surface area contributed by atoms with E-state index in [9.17, 15) is 4.79 Å². The van der Waals surface area contributed by atoms with Gasteiger partial charge in [0.05, 0.1) is 16.1 Å². The monoisotopic (exact) mass is 295 g/mol. The van der Waals surface area contributed by atoms with Gasteiger partial charge in [-0.15, -0.1) is 0 Å². The number of piperidine rings is 1. The van der Waals surface area contributed by atoms with Gasteiger partial charge in [-0.1, -0.05) is 11.6 Å². The lowest BCUT2D eigenvalue weighted by atomic mass is 9.82. The number of amides is 1. The van der Waals surface area contributed by atoms with E-state index in [-0.39, 0.29) is 11.3 Å². The first-order valence-electron chi connectivity index (χ1n) is 6.91. The topological polar surface area (TPSA) is 44.4 Å². The Morgan fingerprint density at radius 3 is 2.75 bits per heavy atom. The van der Waals surface area contributed by atoms with E-state index in [1.165, 1.54) is 0 Å². The maximum atomic E-state index is 12.4. The molecule has 4 nitrogen and oxygen atoms in total. The maximum absolute atomic E-state index is 12.4. The van der Waals surface area contributed by atoms with Gasteiger partial charge in [0.15, 0.2) is 0 Å². The molecular weight excluding hydrogens is 274 g/mol. The first kappa shape index (κ1) is 15.1. The highest BCUT2D eigenvalue weighted by molar-refractivity contribution is 6.33. The van der Waals surface area contributed by atoms with Crippen molar-refractivity contribution in [1.82, 2.24) is 5.32 Å². The van der Waals surface area contributed by atoms with Crippen molar-refractivity contribution in [3.8, 4) is 0 Å². The van der Waals surface area contributed by atoms with Gasteiger partial charge in [0.25, 0.3) is 0 Å². The standard InChI is InChI=1S/C15H22ClN3O/c1-15(7-4-8-17-10-15)14(20)18-11-5-6-13(19(2)3)12(16)9-11/h5-6,9,17H,4,7-8,10H2,1-3H3,(H,18,20). The van der Waals surface area contributed by atoms with Crippen molar-refractivity contribution >= 4 is 28.9 Å². The first-order valence-corrected chi connectivity index (χ1v) is 7.29. The van der Waals surface area contributed by atoms with Gasteiger partial charge in [-0.25, -0.2) is 0 Å². The highest BCUT2D eigenvalue weighted by Gasteiger charge is 2.34. The van der Waals surface area contributed by atoms with Crippen LogP contribution in [0.5, 0.6) is 0 Å². The van der Waals surface area contributed by atoms with Crippen molar-refractivity contribution in [3.05, 3.63) is 23.2 Å². The van der Waals surface area contributed by atoms with Crippen LogP contribution in [0.15, 0.2) is 18.2 Å². The van der Waals surface area contributed by atoms with Crippen molar-refractivity contribution in [2.24, 2.45) is 5.41 Å². The minimum Gasteiger partial charge on any atom is -0.376 e. The Balaban J connectivity index is 2.10. The molecule has 1 saturated heterocycles. The zero-order chi connectivity index (χ0) is 14.8. The first-order chi connectivity index (χ1) is 9.42. The highest BCUT2D eigenvalue weighted by atomic mass is 35.5. The lowest BCUT2D eigenvalue weighted by Crippen LogP contribution is -2.46. The molecule has 1 aromatic rings. The van der Waals surface area contributed by atoms with Crippen LogP contribution in [-0.2, 0) is 4.79 Å². The molecule has 0 saturated carbocycles. The molecule has 110 valence electrons. The molecule has 20 heavy (non-hydrogen) atoms. The molecule has 0 aromatic heterocycles. The number of halogens is 1. The van der Waals surface area contributed by atoms with Gasteiger partial charge in [0.2, 0.25) is 5.91 Å². The number of benzene rings is 1. The van der Waals surface area contributed by atoms with Crippen molar-refractivity contribution in [2.75, 3.05) is 37.4 Å². The number of hydrogen-bond acceptors (Lipinski definition) is 3. The van der Waals surface area contributed by atoms with Crippen LogP contribution in [0.2, 0.25) is 5.02 Å². The van der Waals surface area contributed by atoms with Crippen LogP contribution in [0.4, 0.5) is 11.4 Å². The lowest BCUT2D eigenvalue weighted by Gasteiger charge is -2.32. The Morgan fingerprint density at radius 1 is 1.45 bits per heavy atom. The van der Waals surface area contributed by atoms with Crippen LogP contribution >= 0.6 is 11.6 Å². The molecule has 0 bridgehead atoms. The molecule has 5 heteroatoms. The molecule has 1 aromatic carbocycles. The molecule has 1 atom stereocenters. The number of rotatable bonds is 3. The van der Waals surface area contributed by atoms with E-state index in [0.29, 0.717) is 5.02 Å². The Labute approximate surface area is 125 Å². The fourth-order valence-corrected chi connectivity index (χ4v) is 2.83. The van der Waals surface area contributed by atoms with Gasteiger partial charge in [-0.3, -0.25) is 4.79 Å². The van der Waals surface area contributed by atoms with Crippen LogP contribution in [0.3, 0.4) is 0 Å². The summed E-state index contributed by atoms with van der Waals surface area (Å²) in [6.45, 7) is 3.72. The van der Waals surface area contributed by atoms with Crippen molar-refractivity contribution in [1.29, 1.82) is 0 Å². The van der Waals surface area contributed by atoms with Gasteiger partial charge in [0, 0.05) is 26.3 Å². The molecule has 2 rings (SSSR count). The summed E-state index contributed by atoms with van der Waals surface area (Å²) >= 11 is 6.22. The minimum atomic E-state index is -0.342. The number of hydrogen-bond donors (Lipinski definition) is 2. The Kier molecular flexibility index (Phi) is 4.55. The van der Waals surface area contributed by atoms with Crippen LogP contribution in [0.25, 0.3) is 0 Å². The summed E-state index contributed by atoms with van der Waals surface area (Å²) in [4.78, 5) is 14.4. The fourth-order valence-electron chi connectivity index (χ4n) is 2.48. The summed E-state index contributed by atoms with van der Waals surface area (Å²) in [6, 6.07) is 5.60. The smallest absolute Gasteiger partial charge is 0.231 e. The molecule has 0 spiro atoms. The molecule has 1 amide bonds. The van der Waals surface area contributed by atoms with Crippen LogP contribution in [0.1, 0.15) is 19.8 Å². The van der Waals surface area contributed by atoms with Crippen molar-refractivity contribution in [2.45, 2.75) is 19.8 Å². The molecule has 1 aliphatic rings. The summed E-state index contributed by atoms with van der Waals surface area (Å²) < 4.78 is 0. The minimum absolute atomic E-state index is 0.0540. The zero-order valence-corrected chi connectivity index (χ0v) is 13.0. The van der Waals surface area contributed by atoms with Gasteiger partial charge in [-0.05, 0) is 44.5 Å². The van der Waals surface area contributed by atoms with Gasteiger partial charge in [0.1, 0.15) is 0 Å². The number of carbonyl (C=O) groups is 1. The number of anilines is 2. The van der Waals surface area contributed by atoms with Gasteiger partial charge in [-0.2, -0.15) is 0 Å². The summed E-state index contributed by atoms with van der Waals surface area (Å²) in [7, 11) is 3.88. The SMILES string of the molecule is CN(C)c1ccc(NC(=O)C2(C)CCCNC2)cc1Cl. The summed E-state index contributed by atoms with van der Waals surface area (Å²) in [6.07, 6.45) is 1.94. The molecular formula is C15H22ClN3O. The largest absolute Gasteiger partial charge is 0.376 e. The average molecular weight is 296 g/mol. The zero-order valence-electron chi connectivity index (χ0n) is 12.3. The van der Waals surface area contributed by atoms with E-state index >= 15 is 0 Å². The van der Waals surface area contributed by atoms with Gasteiger partial charge >= 0.3 is 0 Å². The third-order valence-corrected chi connectivity index (χ3v) is 4.14. The fraction of sp³-hybridized carbons (Fsp3) is 0.533. The lowest BCUT2D eigenvalue weighted by molar-refractivity contribution is -0.125. The summed E-state index contributed by atoms with van der Waals surface area (Å²) in [5, 5.41) is 6.90. The third kappa shape index (κ3) is 3.25. The van der Waals surface area contributed by atoms with E-state index < -0.39 is 0 Å². The van der Waals surface area contributed by atoms with E-state index in [1.807, 2.05) is 38.1 Å². The number of carbonyl (C=O) groups excluding carboxylic acids is 1. The van der Waals surface area contributed by atoms with Crippen molar-refractivity contribution < 1.29 is 4.79 Å². The van der Waals surface area contributed by atoms with Gasteiger partial charge < -0.3 is 15.5 Å². The molecule has 1 fully saturated rings. The van der Waals surface area contributed by atoms with Crippen LogP contribution in [-0.4, -0.2) is 33.1 Å². The Hall–Kier alpha value is -1.26. The molecule has 2 N–H and O–H groups in total. The summed E-state index contributed by atoms with van der Waals surface area (Å²) in [5.74, 6) is 0.0540. The maximum Gasteiger partial charge on any atom is 0.231 e. The second-order valence-corrected chi connectivity index (χ2v) is 6.26. The predicted octanol–water partition coefficient (Wildman–Crippen LogP) is 2.73. The Bertz CT molecular complexity index is 496. The van der Waals surface area contributed by atoms with E-state index in [2.05, 4.69) is 10.6 Å². The molecule has 1 unspecified atom stereocenters. The highest BCUT2D eigenvalue weighted by Crippen LogP contribution is 2.30. The predicted molar refractivity (Wildman–Crippen MR) is 84.6 cm³/mol. The number of nitrogens with one attached hydrogen (secondary N) is 2. The third-order valence-electron chi connectivity index (χ3n) is 3.83. The van der Waals surface area contributed by atoms with Crippen molar-refractivity contribution in [3.63, 3.8) is 0 Å². The normalized spacial score (nSPS) is 22.4. The molecule has 0 aliphatic carbocycles. The summed E-state index contributed by atoms with van der Waals surface area (Å²) in [5.41, 5.74) is 1.35. The Morgan fingerprint density at radius 2 is 2.20 bits per heavy atom. The molecule has 1 aliphatic heterocycles. The molecule has 1 heterocycles. The van der Waals surface area contributed by atoms with E-state index in [0.717, 1.165) is 37.3 Å². The average Bonchev–Trinajstić information content (AvgIpc) is 2.39. The van der Waals surface area contributed by atoms with Crippen LogP contribution < -0.4 is 15.5 Å². The second-order valence-electron chi connectivity index (χ2n) is 5.86. The van der Waals surface area contributed by atoms with Crippen LogP contribution in [0, 0.1) is 5.41 Å². The van der Waals surface area contributed by atoms with E-state index in [4.69, 9.17) is 11.6 Å². The second kappa shape index (κ2) is 6.02. The van der Waals surface area contributed by atoms with E-state index in [1.54, 1.807) is 6.07 Å². The molecule has 0 radical (unpaired) electrons.